The maximum Gasteiger partial charge on any atom is 0.244 e. The Morgan fingerprint density at radius 2 is 1.62 bits per heavy atom. The summed E-state index contributed by atoms with van der Waals surface area (Å²) in [6.45, 7) is 5.47. The topological polar surface area (TPSA) is 96.0 Å². The van der Waals surface area contributed by atoms with Crippen LogP contribution in [0.4, 0.5) is 5.69 Å². The standard InChI is InChI=1S/C25H35N3O5S/c1-6-19(3)26-25(30)23(7-2)27(17-20-11-9-8-10-12-20)24(29)18-28(34(5,31)32)21-13-15-22(33-4)16-14-21/h8-16,19,23H,6-7,17-18H2,1-5H3,(H,26,30)/t19-,23+/m1/s1. The number of hydrogen-bond donors (Lipinski definition) is 1. The minimum atomic E-state index is -3.77. The number of carbonyl (C=O) groups is 2. The number of anilines is 1. The number of nitrogens with one attached hydrogen (secondary N) is 1. The van der Waals surface area contributed by atoms with Crippen LogP contribution in [0.2, 0.25) is 0 Å². The molecule has 8 nitrogen and oxygen atoms in total. The molecule has 0 bridgehead atoms. The first kappa shape index (κ1) is 27.2. The maximum atomic E-state index is 13.6. The highest BCUT2D eigenvalue weighted by Gasteiger charge is 2.32. The van der Waals surface area contributed by atoms with Crippen molar-refractivity contribution in [2.75, 3.05) is 24.2 Å². The summed E-state index contributed by atoms with van der Waals surface area (Å²) in [5.41, 5.74) is 1.19. The largest absolute Gasteiger partial charge is 0.497 e. The van der Waals surface area contributed by atoms with Gasteiger partial charge in [-0.15, -0.1) is 0 Å². The Morgan fingerprint density at radius 1 is 1.00 bits per heavy atom. The number of nitrogens with zero attached hydrogens (tertiary/aromatic N) is 2. The van der Waals surface area contributed by atoms with Gasteiger partial charge < -0.3 is 15.0 Å². The summed E-state index contributed by atoms with van der Waals surface area (Å²) >= 11 is 0. The van der Waals surface area contributed by atoms with Crippen LogP contribution in [0.25, 0.3) is 0 Å². The Labute approximate surface area is 202 Å². The maximum absolute atomic E-state index is 13.6. The number of hydrogen-bond acceptors (Lipinski definition) is 5. The third-order valence-electron chi connectivity index (χ3n) is 5.62. The van der Waals surface area contributed by atoms with Gasteiger partial charge in [0, 0.05) is 12.6 Å². The highest BCUT2D eigenvalue weighted by molar-refractivity contribution is 7.92. The van der Waals surface area contributed by atoms with Crippen LogP contribution in [0, 0.1) is 0 Å². The van der Waals surface area contributed by atoms with E-state index in [0.717, 1.165) is 22.5 Å². The van der Waals surface area contributed by atoms with Gasteiger partial charge in [-0.3, -0.25) is 13.9 Å². The van der Waals surface area contributed by atoms with Crippen molar-refractivity contribution in [3.05, 3.63) is 60.2 Å². The van der Waals surface area contributed by atoms with Crippen molar-refractivity contribution in [3.8, 4) is 5.75 Å². The van der Waals surface area contributed by atoms with Crippen LogP contribution in [0.5, 0.6) is 5.75 Å². The van der Waals surface area contributed by atoms with E-state index in [1.807, 2.05) is 51.1 Å². The zero-order valence-electron chi connectivity index (χ0n) is 20.5. The number of carbonyl (C=O) groups excluding carboxylic acids is 2. The van der Waals surface area contributed by atoms with Crippen LogP contribution in [-0.2, 0) is 26.2 Å². The van der Waals surface area contributed by atoms with E-state index < -0.39 is 28.5 Å². The van der Waals surface area contributed by atoms with Gasteiger partial charge in [-0.05, 0) is 49.6 Å². The minimum Gasteiger partial charge on any atom is -0.497 e. The van der Waals surface area contributed by atoms with Crippen LogP contribution < -0.4 is 14.4 Å². The highest BCUT2D eigenvalue weighted by atomic mass is 32.2. The van der Waals surface area contributed by atoms with Crippen LogP contribution in [0.15, 0.2) is 54.6 Å². The van der Waals surface area contributed by atoms with Crippen LogP contribution >= 0.6 is 0 Å². The predicted molar refractivity (Wildman–Crippen MR) is 134 cm³/mol. The first-order valence-electron chi connectivity index (χ1n) is 11.4. The van der Waals surface area contributed by atoms with Gasteiger partial charge in [0.25, 0.3) is 0 Å². The van der Waals surface area contributed by atoms with Crippen molar-refractivity contribution in [2.24, 2.45) is 0 Å². The lowest BCUT2D eigenvalue weighted by Crippen LogP contribution is -2.53. The summed E-state index contributed by atoms with van der Waals surface area (Å²) in [5.74, 6) is -0.144. The number of amides is 2. The molecule has 9 heteroatoms. The minimum absolute atomic E-state index is 0.0398. The fourth-order valence-corrected chi connectivity index (χ4v) is 4.35. The summed E-state index contributed by atoms with van der Waals surface area (Å²) < 4.78 is 31.4. The van der Waals surface area contributed by atoms with Gasteiger partial charge in [0.05, 0.1) is 19.1 Å². The predicted octanol–water partition coefficient (Wildman–Crippen LogP) is 3.18. The van der Waals surface area contributed by atoms with Gasteiger partial charge in [-0.1, -0.05) is 44.2 Å². The van der Waals surface area contributed by atoms with Crippen LogP contribution in [0.3, 0.4) is 0 Å². The second-order valence-electron chi connectivity index (χ2n) is 8.22. The molecule has 2 amide bonds. The molecule has 0 unspecified atom stereocenters. The van der Waals surface area contributed by atoms with Gasteiger partial charge in [0.1, 0.15) is 18.3 Å². The van der Waals surface area contributed by atoms with E-state index in [2.05, 4.69) is 5.32 Å². The van der Waals surface area contributed by atoms with E-state index in [1.54, 1.807) is 24.3 Å². The van der Waals surface area contributed by atoms with Crippen molar-refractivity contribution in [3.63, 3.8) is 0 Å². The Bertz CT molecular complexity index is 1040. The average molecular weight is 490 g/mol. The van der Waals surface area contributed by atoms with E-state index in [-0.39, 0.29) is 18.5 Å². The smallest absolute Gasteiger partial charge is 0.244 e. The zero-order chi connectivity index (χ0) is 25.3. The summed E-state index contributed by atoms with van der Waals surface area (Å²) in [6, 6.07) is 15.0. The summed E-state index contributed by atoms with van der Waals surface area (Å²) in [6.07, 6.45) is 2.20. The van der Waals surface area contributed by atoms with E-state index in [9.17, 15) is 18.0 Å². The summed E-state index contributed by atoms with van der Waals surface area (Å²) in [5, 5.41) is 2.95. The van der Waals surface area contributed by atoms with Crippen molar-refractivity contribution < 1.29 is 22.7 Å². The monoisotopic (exact) mass is 489 g/mol. The normalized spacial score (nSPS) is 13.0. The van der Waals surface area contributed by atoms with E-state index >= 15 is 0 Å². The molecule has 0 saturated carbocycles. The summed E-state index contributed by atoms with van der Waals surface area (Å²) in [7, 11) is -2.25. The lowest BCUT2D eigenvalue weighted by Gasteiger charge is -2.33. The molecule has 2 aromatic rings. The van der Waals surface area contributed by atoms with Crippen molar-refractivity contribution in [1.82, 2.24) is 10.2 Å². The Balaban J connectivity index is 2.40. The number of ether oxygens (including phenoxy) is 1. The van der Waals surface area contributed by atoms with Gasteiger partial charge >= 0.3 is 0 Å². The fraction of sp³-hybridized carbons (Fsp3) is 0.440. The van der Waals surface area contributed by atoms with E-state index in [0.29, 0.717) is 17.9 Å². The lowest BCUT2D eigenvalue weighted by atomic mass is 10.1. The Morgan fingerprint density at radius 3 is 2.12 bits per heavy atom. The molecule has 2 atom stereocenters. The number of benzene rings is 2. The molecule has 0 radical (unpaired) electrons. The number of sulfonamides is 1. The van der Waals surface area contributed by atoms with Gasteiger partial charge in [-0.25, -0.2) is 8.42 Å². The van der Waals surface area contributed by atoms with Crippen LogP contribution in [-0.4, -0.2) is 57.1 Å². The van der Waals surface area contributed by atoms with Gasteiger partial charge in [0.15, 0.2) is 0 Å². The molecule has 34 heavy (non-hydrogen) atoms. The molecule has 2 aromatic carbocycles. The van der Waals surface area contributed by atoms with E-state index in [1.165, 1.54) is 12.0 Å². The zero-order valence-corrected chi connectivity index (χ0v) is 21.3. The quantitative estimate of drug-likeness (QED) is 0.494. The van der Waals surface area contributed by atoms with Crippen molar-refractivity contribution in [1.29, 1.82) is 0 Å². The molecular weight excluding hydrogens is 454 g/mol. The van der Waals surface area contributed by atoms with Crippen molar-refractivity contribution >= 4 is 27.5 Å². The molecule has 0 aliphatic rings. The Hall–Kier alpha value is -3.07. The van der Waals surface area contributed by atoms with Gasteiger partial charge in [-0.2, -0.15) is 0 Å². The second kappa shape index (κ2) is 12.4. The second-order valence-corrected chi connectivity index (χ2v) is 10.1. The Kier molecular flexibility index (Phi) is 9.92. The third-order valence-corrected chi connectivity index (χ3v) is 6.76. The molecule has 0 heterocycles. The average Bonchev–Trinajstić information content (AvgIpc) is 2.82. The molecule has 186 valence electrons. The van der Waals surface area contributed by atoms with Crippen LogP contribution in [0.1, 0.15) is 39.2 Å². The van der Waals surface area contributed by atoms with E-state index in [4.69, 9.17) is 4.74 Å². The molecule has 2 rings (SSSR count). The first-order chi connectivity index (χ1) is 16.1. The van der Waals surface area contributed by atoms with Crippen molar-refractivity contribution in [2.45, 2.75) is 52.2 Å². The number of methoxy groups -OCH3 is 1. The lowest BCUT2D eigenvalue weighted by molar-refractivity contribution is -0.140. The molecule has 0 saturated heterocycles. The highest BCUT2D eigenvalue weighted by Crippen LogP contribution is 2.22. The first-order valence-corrected chi connectivity index (χ1v) is 13.2. The van der Waals surface area contributed by atoms with Gasteiger partial charge in [0.2, 0.25) is 21.8 Å². The molecule has 0 fully saturated rings. The fourth-order valence-electron chi connectivity index (χ4n) is 3.50. The molecular formula is C25H35N3O5S. The third kappa shape index (κ3) is 7.48. The number of rotatable bonds is 12. The molecule has 0 aliphatic heterocycles. The molecule has 0 aromatic heterocycles. The summed E-state index contributed by atoms with van der Waals surface area (Å²) in [4.78, 5) is 28.1. The molecule has 0 aliphatic carbocycles. The molecule has 0 spiro atoms. The SMILES string of the molecule is CC[C@@H](C)NC(=O)[C@H](CC)N(Cc1ccccc1)C(=O)CN(c1ccc(OC)cc1)S(C)(=O)=O. The molecule has 1 N–H and O–H groups in total.